The van der Waals surface area contributed by atoms with Gasteiger partial charge in [-0.15, -0.1) is 0 Å². The van der Waals surface area contributed by atoms with Crippen LogP contribution in [0.3, 0.4) is 0 Å². The number of hydrogen-bond donors (Lipinski definition) is 0. The molecule has 1 aliphatic rings. The Balaban J connectivity index is 1.50. The molecule has 0 saturated carbocycles. The number of fused-ring (bicyclic) bond motifs is 1. The molecule has 0 radical (unpaired) electrons. The summed E-state index contributed by atoms with van der Waals surface area (Å²) in [5.74, 6) is 0.140. The zero-order valence-electron chi connectivity index (χ0n) is 17.1. The monoisotopic (exact) mass is 456 g/mol. The molecule has 32 heavy (non-hydrogen) atoms. The summed E-state index contributed by atoms with van der Waals surface area (Å²) in [5.41, 5.74) is -0.376. The molecule has 7 nitrogen and oxygen atoms in total. The minimum Gasteiger partial charge on any atom is -0.491 e. The fraction of sp³-hybridized carbons (Fsp3) is 0.500. The Morgan fingerprint density at radius 1 is 1.19 bits per heavy atom. The number of halogens is 5. The van der Waals surface area contributed by atoms with Gasteiger partial charge in [-0.1, -0.05) is 0 Å². The topological polar surface area (TPSA) is 69.0 Å². The second kappa shape index (κ2) is 8.83. The third-order valence-corrected chi connectivity index (χ3v) is 5.43. The summed E-state index contributed by atoms with van der Waals surface area (Å²) >= 11 is 0. The predicted octanol–water partition coefficient (Wildman–Crippen LogP) is 4.19. The first-order valence-electron chi connectivity index (χ1n) is 10.1. The lowest BCUT2D eigenvalue weighted by Crippen LogP contribution is -2.44. The molecule has 0 amide bonds. The first-order chi connectivity index (χ1) is 15.2. The fourth-order valence-corrected chi connectivity index (χ4v) is 3.81. The molecule has 0 aliphatic carbocycles. The van der Waals surface area contributed by atoms with Crippen LogP contribution >= 0.6 is 0 Å². The SMILES string of the molecule is C[C@H]1CC[C@H](COc2cccnc2C(F)(F)F)CN1c1cnc2cnn(CC(F)F)c2n1. The molecule has 172 valence electrons. The highest BCUT2D eigenvalue weighted by molar-refractivity contribution is 5.71. The maximum Gasteiger partial charge on any atom is 0.437 e. The van der Waals surface area contributed by atoms with Crippen LogP contribution in [-0.4, -0.2) is 50.4 Å². The van der Waals surface area contributed by atoms with E-state index in [1.807, 2.05) is 11.8 Å². The minimum atomic E-state index is -4.60. The van der Waals surface area contributed by atoms with Gasteiger partial charge >= 0.3 is 6.18 Å². The second-order valence-corrected chi connectivity index (χ2v) is 7.76. The number of pyridine rings is 1. The summed E-state index contributed by atoms with van der Waals surface area (Å²) in [5, 5.41) is 3.92. The number of alkyl halides is 5. The molecule has 1 aliphatic heterocycles. The van der Waals surface area contributed by atoms with Gasteiger partial charge in [-0.25, -0.2) is 28.4 Å². The number of ether oxygens (including phenoxy) is 1. The van der Waals surface area contributed by atoms with E-state index in [0.717, 1.165) is 23.7 Å². The fourth-order valence-electron chi connectivity index (χ4n) is 3.81. The third-order valence-electron chi connectivity index (χ3n) is 5.43. The van der Waals surface area contributed by atoms with Gasteiger partial charge in [0.05, 0.1) is 19.0 Å². The summed E-state index contributed by atoms with van der Waals surface area (Å²) in [7, 11) is 0. The molecule has 3 aromatic rings. The van der Waals surface area contributed by atoms with Crippen LogP contribution in [-0.2, 0) is 12.7 Å². The van der Waals surface area contributed by atoms with Crippen molar-refractivity contribution in [2.45, 2.75) is 45.0 Å². The maximum atomic E-state index is 13.1. The van der Waals surface area contributed by atoms with Crippen LogP contribution in [0.5, 0.6) is 5.75 Å². The van der Waals surface area contributed by atoms with Crippen molar-refractivity contribution in [3.8, 4) is 5.75 Å². The number of nitrogens with zero attached hydrogens (tertiary/aromatic N) is 6. The number of rotatable bonds is 6. The maximum absolute atomic E-state index is 13.1. The summed E-state index contributed by atoms with van der Waals surface area (Å²) in [6.45, 7) is 1.98. The van der Waals surface area contributed by atoms with Crippen molar-refractivity contribution in [3.63, 3.8) is 0 Å². The molecule has 4 rings (SSSR count). The molecule has 4 heterocycles. The summed E-state index contributed by atoms with van der Waals surface area (Å²) in [6.07, 6.45) is -1.63. The van der Waals surface area contributed by atoms with Crippen molar-refractivity contribution in [2.75, 3.05) is 18.1 Å². The lowest BCUT2D eigenvalue weighted by Gasteiger charge is -2.38. The quantitative estimate of drug-likeness (QED) is 0.518. The van der Waals surface area contributed by atoms with E-state index in [1.165, 1.54) is 18.3 Å². The number of piperidine rings is 1. The average Bonchev–Trinajstić information content (AvgIpc) is 3.14. The smallest absolute Gasteiger partial charge is 0.437 e. The standard InChI is InChI=1S/C20H21F5N6O/c1-12-4-5-13(11-32-15-3-2-6-26-18(15)20(23,24)25)9-30(12)17-8-27-14-7-28-31(10-16(21)22)19(14)29-17/h2-3,6-8,12-13,16H,4-5,9-11H2,1H3/t12-,13-/m0/s1. The van der Waals surface area contributed by atoms with E-state index in [9.17, 15) is 22.0 Å². The van der Waals surface area contributed by atoms with Crippen molar-refractivity contribution in [1.82, 2.24) is 24.7 Å². The van der Waals surface area contributed by atoms with E-state index in [-0.39, 0.29) is 30.0 Å². The Morgan fingerprint density at radius 2 is 2.00 bits per heavy atom. The van der Waals surface area contributed by atoms with Gasteiger partial charge in [-0.2, -0.15) is 18.3 Å². The van der Waals surface area contributed by atoms with Gasteiger partial charge in [-0.3, -0.25) is 0 Å². The van der Waals surface area contributed by atoms with Gasteiger partial charge in [0.15, 0.2) is 11.3 Å². The number of anilines is 1. The highest BCUT2D eigenvalue weighted by Gasteiger charge is 2.36. The molecule has 0 N–H and O–H groups in total. The Bertz CT molecular complexity index is 1070. The minimum absolute atomic E-state index is 0.0593. The van der Waals surface area contributed by atoms with Crippen LogP contribution in [0, 0.1) is 5.92 Å². The van der Waals surface area contributed by atoms with Crippen LogP contribution in [0.25, 0.3) is 11.2 Å². The van der Waals surface area contributed by atoms with Gasteiger partial charge in [0.25, 0.3) is 6.43 Å². The van der Waals surface area contributed by atoms with Gasteiger partial charge in [0, 0.05) is 24.7 Å². The Kier molecular flexibility index (Phi) is 6.11. The first-order valence-corrected chi connectivity index (χ1v) is 10.1. The zero-order valence-corrected chi connectivity index (χ0v) is 17.1. The molecule has 0 unspecified atom stereocenters. The number of aromatic nitrogens is 5. The average molecular weight is 456 g/mol. The van der Waals surface area contributed by atoms with Crippen LogP contribution in [0.1, 0.15) is 25.5 Å². The number of hydrogen-bond acceptors (Lipinski definition) is 6. The van der Waals surface area contributed by atoms with Crippen molar-refractivity contribution in [2.24, 2.45) is 5.92 Å². The summed E-state index contributed by atoms with van der Waals surface area (Å²) < 4.78 is 71.7. The lowest BCUT2D eigenvalue weighted by atomic mass is 9.94. The molecule has 12 heteroatoms. The van der Waals surface area contributed by atoms with Gasteiger partial charge in [0.2, 0.25) is 0 Å². The van der Waals surface area contributed by atoms with Crippen LogP contribution < -0.4 is 9.64 Å². The Labute approximate surface area is 180 Å². The van der Waals surface area contributed by atoms with Crippen molar-refractivity contribution in [3.05, 3.63) is 36.4 Å². The van der Waals surface area contributed by atoms with E-state index >= 15 is 0 Å². The lowest BCUT2D eigenvalue weighted by molar-refractivity contribution is -0.142. The molecule has 0 bridgehead atoms. The van der Waals surface area contributed by atoms with E-state index in [4.69, 9.17) is 4.74 Å². The third kappa shape index (κ3) is 4.73. The van der Waals surface area contributed by atoms with Gasteiger partial charge < -0.3 is 9.64 Å². The summed E-state index contributed by atoms with van der Waals surface area (Å²) in [6, 6.07) is 2.74. The second-order valence-electron chi connectivity index (χ2n) is 7.76. The Morgan fingerprint density at radius 3 is 2.75 bits per heavy atom. The zero-order chi connectivity index (χ0) is 22.9. The van der Waals surface area contributed by atoms with Crippen LogP contribution in [0.4, 0.5) is 27.8 Å². The normalized spacial score (nSPS) is 19.7. The molecular formula is C20H21F5N6O. The molecule has 3 aromatic heterocycles. The highest BCUT2D eigenvalue weighted by atomic mass is 19.4. The molecule has 0 aromatic carbocycles. The molecule has 0 spiro atoms. The first kappa shape index (κ1) is 22.2. The molecule has 2 atom stereocenters. The highest BCUT2D eigenvalue weighted by Crippen LogP contribution is 2.35. The van der Waals surface area contributed by atoms with Crippen molar-refractivity contribution in [1.29, 1.82) is 0 Å². The van der Waals surface area contributed by atoms with Crippen molar-refractivity contribution >= 4 is 17.0 Å². The molecule has 1 saturated heterocycles. The Hall–Kier alpha value is -3.05. The van der Waals surface area contributed by atoms with Gasteiger partial charge in [0.1, 0.15) is 23.6 Å². The van der Waals surface area contributed by atoms with E-state index in [1.54, 1.807) is 6.20 Å². The largest absolute Gasteiger partial charge is 0.491 e. The van der Waals surface area contributed by atoms with E-state index in [0.29, 0.717) is 17.9 Å². The van der Waals surface area contributed by atoms with E-state index in [2.05, 4.69) is 20.1 Å². The predicted molar refractivity (Wildman–Crippen MR) is 106 cm³/mol. The summed E-state index contributed by atoms with van der Waals surface area (Å²) in [4.78, 5) is 14.1. The van der Waals surface area contributed by atoms with Crippen LogP contribution in [0.15, 0.2) is 30.7 Å². The van der Waals surface area contributed by atoms with Crippen LogP contribution in [0.2, 0.25) is 0 Å². The van der Waals surface area contributed by atoms with Crippen molar-refractivity contribution < 1.29 is 26.7 Å². The molecule has 1 fully saturated rings. The van der Waals surface area contributed by atoms with E-state index < -0.39 is 24.8 Å². The molecular weight excluding hydrogens is 435 g/mol. The van der Waals surface area contributed by atoms with Gasteiger partial charge in [-0.05, 0) is 31.9 Å².